The van der Waals surface area contributed by atoms with Gasteiger partial charge in [-0.25, -0.2) is 0 Å². The van der Waals surface area contributed by atoms with Gasteiger partial charge < -0.3 is 0 Å². The molecule has 0 N–H and O–H groups in total. The lowest BCUT2D eigenvalue weighted by atomic mass is 9.85. The summed E-state index contributed by atoms with van der Waals surface area (Å²) < 4.78 is 0. The fourth-order valence-electron chi connectivity index (χ4n) is 3.02. The maximum Gasteiger partial charge on any atom is -0.0318 e. The second-order valence-electron chi connectivity index (χ2n) is 5.04. The summed E-state index contributed by atoms with van der Waals surface area (Å²) in [6.45, 7) is 0. The first-order valence-electron chi connectivity index (χ1n) is 6.66. The Bertz CT molecular complexity index is 182. The molecule has 2 aliphatic carbocycles. The standard InChI is InChI=1S/C14H24/c1-2-5-9-13(10-6-3-1)14-11-7-4-8-12-14/h1-12H2. The first kappa shape index (κ1) is 10.3. The minimum Gasteiger partial charge on any atom is -0.0710 e. The number of hydrogen-bond donors (Lipinski definition) is 0. The van der Waals surface area contributed by atoms with Crippen LogP contribution in [0.3, 0.4) is 0 Å². The van der Waals surface area contributed by atoms with Crippen LogP contribution in [-0.4, -0.2) is 0 Å². The van der Waals surface area contributed by atoms with Crippen LogP contribution in [-0.2, 0) is 0 Å². The lowest BCUT2D eigenvalue weighted by molar-refractivity contribution is 0.540. The van der Waals surface area contributed by atoms with Crippen molar-refractivity contribution in [2.24, 2.45) is 0 Å². The highest BCUT2D eigenvalue weighted by molar-refractivity contribution is 5.16. The maximum atomic E-state index is 1.88. The lowest BCUT2D eigenvalue weighted by Gasteiger charge is -2.21. The van der Waals surface area contributed by atoms with Crippen LogP contribution in [0.2, 0.25) is 0 Å². The van der Waals surface area contributed by atoms with E-state index < -0.39 is 0 Å². The van der Waals surface area contributed by atoms with Gasteiger partial charge in [-0.1, -0.05) is 36.8 Å². The predicted molar refractivity (Wildman–Crippen MR) is 62.4 cm³/mol. The molecule has 0 aromatic rings. The zero-order chi connectivity index (χ0) is 9.64. The van der Waals surface area contributed by atoms with Crippen LogP contribution in [0.5, 0.6) is 0 Å². The van der Waals surface area contributed by atoms with Crippen molar-refractivity contribution in [1.29, 1.82) is 0 Å². The highest BCUT2D eigenvalue weighted by atomic mass is 14.2. The average Bonchev–Trinajstić information content (AvgIpc) is 2.18. The van der Waals surface area contributed by atoms with Gasteiger partial charge in [0.1, 0.15) is 0 Å². The second kappa shape index (κ2) is 5.58. The number of rotatable bonds is 0. The lowest BCUT2D eigenvalue weighted by Crippen LogP contribution is -2.01. The molecule has 0 heterocycles. The molecule has 0 radical (unpaired) electrons. The van der Waals surface area contributed by atoms with Crippen LogP contribution in [0.4, 0.5) is 0 Å². The Morgan fingerprint density at radius 1 is 0.357 bits per heavy atom. The predicted octanol–water partition coefficient (Wildman–Crippen LogP) is 4.99. The van der Waals surface area contributed by atoms with Crippen molar-refractivity contribution < 1.29 is 0 Å². The first-order chi connectivity index (χ1) is 6.97. The van der Waals surface area contributed by atoms with Gasteiger partial charge in [-0.15, -0.1) is 0 Å². The Balaban J connectivity index is 1.96. The Morgan fingerprint density at radius 3 is 1.07 bits per heavy atom. The number of hydrogen-bond acceptors (Lipinski definition) is 0. The molecule has 0 aromatic carbocycles. The molecule has 0 aliphatic heterocycles. The van der Waals surface area contributed by atoms with E-state index in [4.69, 9.17) is 0 Å². The molecule has 0 heteroatoms. The second-order valence-corrected chi connectivity index (χ2v) is 5.04. The molecule has 2 fully saturated rings. The van der Waals surface area contributed by atoms with Crippen LogP contribution >= 0.6 is 0 Å². The zero-order valence-electron chi connectivity index (χ0n) is 9.49. The number of allylic oxidation sites excluding steroid dienone is 2. The highest BCUT2D eigenvalue weighted by Crippen LogP contribution is 2.32. The summed E-state index contributed by atoms with van der Waals surface area (Å²) in [7, 11) is 0. The zero-order valence-corrected chi connectivity index (χ0v) is 9.49. The highest BCUT2D eigenvalue weighted by Gasteiger charge is 2.12. The maximum absolute atomic E-state index is 1.88. The third-order valence-electron chi connectivity index (χ3n) is 3.91. The molecule has 0 atom stereocenters. The normalized spacial score (nSPS) is 25.7. The molecule has 0 aromatic heterocycles. The van der Waals surface area contributed by atoms with Crippen molar-refractivity contribution >= 4 is 0 Å². The van der Waals surface area contributed by atoms with Gasteiger partial charge in [0.25, 0.3) is 0 Å². The molecule has 0 bridgehead atoms. The molecule has 0 saturated heterocycles. The topological polar surface area (TPSA) is 0 Å². The van der Waals surface area contributed by atoms with E-state index in [-0.39, 0.29) is 0 Å². The summed E-state index contributed by atoms with van der Waals surface area (Å²) in [4.78, 5) is 0. The van der Waals surface area contributed by atoms with E-state index >= 15 is 0 Å². The van der Waals surface area contributed by atoms with Crippen LogP contribution in [0, 0.1) is 0 Å². The van der Waals surface area contributed by atoms with Crippen molar-refractivity contribution in [3.63, 3.8) is 0 Å². The molecule has 0 amide bonds. The van der Waals surface area contributed by atoms with E-state index in [1.165, 1.54) is 77.0 Å². The van der Waals surface area contributed by atoms with E-state index in [1.807, 2.05) is 11.1 Å². The molecule has 2 aliphatic rings. The van der Waals surface area contributed by atoms with E-state index in [1.54, 1.807) is 0 Å². The van der Waals surface area contributed by atoms with Crippen LogP contribution in [0.1, 0.15) is 77.0 Å². The van der Waals surface area contributed by atoms with Gasteiger partial charge >= 0.3 is 0 Å². The van der Waals surface area contributed by atoms with Crippen LogP contribution in [0.25, 0.3) is 0 Å². The molecular formula is C14H24. The van der Waals surface area contributed by atoms with Gasteiger partial charge in [0.05, 0.1) is 0 Å². The molecule has 2 saturated carbocycles. The summed E-state index contributed by atoms with van der Waals surface area (Å²) in [6.07, 6.45) is 17.6. The van der Waals surface area contributed by atoms with Gasteiger partial charge in [0.2, 0.25) is 0 Å². The molecule has 14 heavy (non-hydrogen) atoms. The molecular weight excluding hydrogens is 168 g/mol. The van der Waals surface area contributed by atoms with Crippen molar-refractivity contribution in [1.82, 2.24) is 0 Å². The van der Waals surface area contributed by atoms with Gasteiger partial charge in [-0.3, -0.25) is 0 Å². The quantitative estimate of drug-likeness (QED) is 0.474. The summed E-state index contributed by atoms with van der Waals surface area (Å²) in [6, 6.07) is 0. The third-order valence-corrected chi connectivity index (χ3v) is 3.91. The van der Waals surface area contributed by atoms with E-state index in [9.17, 15) is 0 Å². The van der Waals surface area contributed by atoms with Crippen LogP contribution in [0.15, 0.2) is 11.1 Å². The molecule has 0 unspecified atom stereocenters. The van der Waals surface area contributed by atoms with Crippen molar-refractivity contribution in [2.75, 3.05) is 0 Å². The third kappa shape index (κ3) is 2.87. The first-order valence-corrected chi connectivity index (χ1v) is 6.66. The SMILES string of the molecule is C1CCCC(=C2CCCCC2)CCC1. The largest absolute Gasteiger partial charge is 0.0710 e. The van der Waals surface area contributed by atoms with Gasteiger partial charge in [0, 0.05) is 0 Å². The van der Waals surface area contributed by atoms with Crippen molar-refractivity contribution in [2.45, 2.75) is 77.0 Å². The fourth-order valence-corrected chi connectivity index (χ4v) is 3.02. The summed E-state index contributed by atoms with van der Waals surface area (Å²) in [5.74, 6) is 0. The Morgan fingerprint density at radius 2 is 0.643 bits per heavy atom. The summed E-state index contributed by atoms with van der Waals surface area (Å²) in [5.41, 5.74) is 3.75. The van der Waals surface area contributed by atoms with E-state index in [0.717, 1.165) is 0 Å². The molecule has 0 nitrogen and oxygen atoms in total. The Labute approximate surface area is 88.8 Å². The monoisotopic (exact) mass is 192 g/mol. The Hall–Kier alpha value is -0.260. The van der Waals surface area contributed by atoms with Gasteiger partial charge in [0.15, 0.2) is 0 Å². The molecule has 0 spiro atoms. The van der Waals surface area contributed by atoms with E-state index in [0.29, 0.717) is 0 Å². The summed E-state index contributed by atoms with van der Waals surface area (Å²) >= 11 is 0. The summed E-state index contributed by atoms with van der Waals surface area (Å²) in [5, 5.41) is 0. The van der Waals surface area contributed by atoms with Crippen LogP contribution < -0.4 is 0 Å². The minimum atomic E-state index is 1.44. The van der Waals surface area contributed by atoms with Crippen molar-refractivity contribution in [3.05, 3.63) is 11.1 Å². The van der Waals surface area contributed by atoms with Gasteiger partial charge in [-0.05, 0) is 51.4 Å². The molecule has 80 valence electrons. The van der Waals surface area contributed by atoms with Gasteiger partial charge in [-0.2, -0.15) is 0 Å². The fraction of sp³-hybridized carbons (Fsp3) is 0.857. The van der Waals surface area contributed by atoms with Crippen molar-refractivity contribution in [3.8, 4) is 0 Å². The smallest absolute Gasteiger partial charge is 0.0318 e. The van der Waals surface area contributed by atoms with E-state index in [2.05, 4.69) is 0 Å². The minimum absolute atomic E-state index is 1.44. The average molecular weight is 192 g/mol. The molecule has 2 rings (SSSR count). The Kier molecular flexibility index (Phi) is 4.09.